The zero-order chi connectivity index (χ0) is 18.2. The van der Waals surface area contributed by atoms with Crippen LogP contribution in [0.25, 0.3) is 0 Å². The summed E-state index contributed by atoms with van der Waals surface area (Å²) in [7, 11) is 1.46. The number of carbonyl (C=O) groups is 1. The molecule has 0 aliphatic rings. The van der Waals surface area contributed by atoms with Crippen molar-refractivity contribution < 1.29 is 24.1 Å². The van der Waals surface area contributed by atoms with E-state index in [4.69, 9.17) is 14.2 Å². The molecular formula is C20H24O5. The zero-order valence-electron chi connectivity index (χ0n) is 14.8. The fraction of sp³-hybridized carbons (Fsp3) is 0.350. The standard InChI is InChI=1S/C20H24O5/c1-14(2)16-5-7-17(8-6-16)24-10-11-25-20(22)13-15-4-9-18(21)19(12-15)23-3/h4-9,12,14,21H,10-11,13H2,1-3H3. The third-order valence-electron chi connectivity index (χ3n) is 3.75. The molecule has 134 valence electrons. The van der Waals surface area contributed by atoms with Gasteiger partial charge in [-0.2, -0.15) is 0 Å². The molecule has 0 radical (unpaired) electrons. The molecule has 0 spiro atoms. The van der Waals surface area contributed by atoms with E-state index >= 15 is 0 Å². The molecule has 0 amide bonds. The van der Waals surface area contributed by atoms with E-state index in [2.05, 4.69) is 13.8 Å². The SMILES string of the molecule is COc1cc(CC(=O)OCCOc2ccc(C(C)C)cc2)ccc1O. The molecule has 1 N–H and O–H groups in total. The van der Waals surface area contributed by atoms with Crippen LogP contribution in [0.5, 0.6) is 17.2 Å². The van der Waals surface area contributed by atoms with Crippen molar-refractivity contribution in [3.63, 3.8) is 0 Å². The highest BCUT2D eigenvalue weighted by molar-refractivity contribution is 5.72. The van der Waals surface area contributed by atoms with Gasteiger partial charge in [0.25, 0.3) is 0 Å². The van der Waals surface area contributed by atoms with Crippen LogP contribution in [0, 0.1) is 0 Å². The topological polar surface area (TPSA) is 65.0 Å². The lowest BCUT2D eigenvalue weighted by Crippen LogP contribution is -2.14. The quantitative estimate of drug-likeness (QED) is 0.584. The van der Waals surface area contributed by atoms with Gasteiger partial charge < -0.3 is 19.3 Å². The van der Waals surface area contributed by atoms with Crippen LogP contribution in [0.2, 0.25) is 0 Å². The van der Waals surface area contributed by atoms with E-state index in [1.165, 1.54) is 18.7 Å². The molecule has 5 heteroatoms. The van der Waals surface area contributed by atoms with Crippen LogP contribution in [0.15, 0.2) is 42.5 Å². The second-order valence-electron chi connectivity index (χ2n) is 5.98. The first kappa shape index (κ1) is 18.6. The fourth-order valence-electron chi connectivity index (χ4n) is 2.31. The molecule has 0 aliphatic heterocycles. The van der Waals surface area contributed by atoms with E-state index in [9.17, 15) is 9.90 Å². The first-order valence-electron chi connectivity index (χ1n) is 8.24. The Labute approximate surface area is 148 Å². The van der Waals surface area contributed by atoms with Gasteiger partial charge in [0, 0.05) is 0 Å². The highest BCUT2D eigenvalue weighted by Gasteiger charge is 2.08. The Morgan fingerprint density at radius 2 is 1.80 bits per heavy atom. The molecule has 5 nitrogen and oxygen atoms in total. The van der Waals surface area contributed by atoms with Gasteiger partial charge in [-0.15, -0.1) is 0 Å². The first-order valence-corrected chi connectivity index (χ1v) is 8.24. The molecule has 0 unspecified atom stereocenters. The van der Waals surface area contributed by atoms with Gasteiger partial charge in [0.05, 0.1) is 13.5 Å². The maximum atomic E-state index is 11.8. The van der Waals surface area contributed by atoms with E-state index in [1.54, 1.807) is 12.1 Å². The first-order chi connectivity index (χ1) is 12.0. The predicted molar refractivity (Wildman–Crippen MR) is 95.3 cm³/mol. The van der Waals surface area contributed by atoms with Gasteiger partial charge in [0.2, 0.25) is 0 Å². The summed E-state index contributed by atoms with van der Waals surface area (Å²) in [6.45, 7) is 4.75. The summed E-state index contributed by atoms with van der Waals surface area (Å²) in [5, 5.41) is 9.54. The lowest BCUT2D eigenvalue weighted by Gasteiger charge is -2.10. The summed E-state index contributed by atoms with van der Waals surface area (Å²) in [5.41, 5.74) is 1.97. The van der Waals surface area contributed by atoms with Gasteiger partial charge in [-0.05, 0) is 41.3 Å². The van der Waals surface area contributed by atoms with E-state index in [0.29, 0.717) is 23.8 Å². The number of hydrogen-bond acceptors (Lipinski definition) is 5. The number of hydrogen-bond donors (Lipinski definition) is 1. The van der Waals surface area contributed by atoms with Crippen LogP contribution in [0.3, 0.4) is 0 Å². The normalized spacial score (nSPS) is 10.6. The van der Waals surface area contributed by atoms with Crippen LogP contribution in [0.1, 0.15) is 30.9 Å². The van der Waals surface area contributed by atoms with Crippen molar-refractivity contribution in [2.75, 3.05) is 20.3 Å². The van der Waals surface area contributed by atoms with E-state index in [0.717, 1.165) is 5.75 Å². The molecule has 0 bridgehead atoms. The van der Waals surface area contributed by atoms with Crippen molar-refractivity contribution in [2.45, 2.75) is 26.2 Å². The maximum absolute atomic E-state index is 11.8. The Morgan fingerprint density at radius 3 is 2.44 bits per heavy atom. The molecular weight excluding hydrogens is 320 g/mol. The van der Waals surface area contributed by atoms with Crippen molar-refractivity contribution in [1.29, 1.82) is 0 Å². The largest absolute Gasteiger partial charge is 0.504 e. The summed E-state index contributed by atoms with van der Waals surface area (Å²) in [6, 6.07) is 12.7. The molecule has 2 aromatic rings. The van der Waals surface area contributed by atoms with Crippen molar-refractivity contribution in [1.82, 2.24) is 0 Å². The van der Waals surface area contributed by atoms with E-state index < -0.39 is 0 Å². The van der Waals surface area contributed by atoms with Gasteiger partial charge in [-0.1, -0.05) is 32.0 Å². The number of esters is 1. The van der Waals surface area contributed by atoms with Crippen LogP contribution in [0.4, 0.5) is 0 Å². The number of benzene rings is 2. The minimum atomic E-state index is -0.355. The smallest absolute Gasteiger partial charge is 0.310 e. The predicted octanol–water partition coefficient (Wildman–Crippen LogP) is 3.69. The molecule has 0 saturated carbocycles. The molecule has 0 saturated heterocycles. The number of phenols is 1. The Morgan fingerprint density at radius 1 is 1.08 bits per heavy atom. The number of rotatable bonds is 8. The third-order valence-corrected chi connectivity index (χ3v) is 3.75. The second-order valence-corrected chi connectivity index (χ2v) is 5.98. The van der Waals surface area contributed by atoms with Gasteiger partial charge in [-0.3, -0.25) is 4.79 Å². The highest BCUT2D eigenvalue weighted by Crippen LogP contribution is 2.26. The van der Waals surface area contributed by atoms with E-state index in [-0.39, 0.29) is 24.7 Å². The number of phenolic OH excluding ortho intramolecular Hbond substituents is 1. The highest BCUT2D eigenvalue weighted by atomic mass is 16.6. The van der Waals surface area contributed by atoms with Crippen LogP contribution < -0.4 is 9.47 Å². The molecule has 0 aromatic heterocycles. The van der Waals surface area contributed by atoms with Crippen LogP contribution in [-0.2, 0) is 16.0 Å². The second kappa shape index (κ2) is 8.97. The van der Waals surface area contributed by atoms with Crippen LogP contribution >= 0.6 is 0 Å². The fourth-order valence-corrected chi connectivity index (χ4v) is 2.31. The average Bonchev–Trinajstić information content (AvgIpc) is 2.60. The number of aromatic hydroxyl groups is 1. The van der Waals surface area contributed by atoms with Gasteiger partial charge in [-0.25, -0.2) is 0 Å². The summed E-state index contributed by atoms with van der Waals surface area (Å²) in [5.74, 6) is 1.25. The molecule has 25 heavy (non-hydrogen) atoms. The van der Waals surface area contributed by atoms with Crippen molar-refractivity contribution >= 4 is 5.97 Å². The Kier molecular flexibility index (Phi) is 6.69. The molecule has 0 fully saturated rings. The molecule has 0 aliphatic carbocycles. The lowest BCUT2D eigenvalue weighted by molar-refractivity contribution is -0.143. The van der Waals surface area contributed by atoms with Gasteiger partial charge in [0.1, 0.15) is 19.0 Å². The lowest BCUT2D eigenvalue weighted by atomic mass is 10.0. The van der Waals surface area contributed by atoms with Crippen molar-refractivity contribution in [3.8, 4) is 17.2 Å². The van der Waals surface area contributed by atoms with Crippen molar-refractivity contribution in [2.24, 2.45) is 0 Å². The summed E-state index contributed by atoms with van der Waals surface area (Å²) >= 11 is 0. The van der Waals surface area contributed by atoms with E-state index in [1.807, 2.05) is 24.3 Å². The zero-order valence-corrected chi connectivity index (χ0v) is 14.8. The summed E-state index contributed by atoms with van der Waals surface area (Å²) in [6.07, 6.45) is 0.111. The summed E-state index contributed by atoms with van der Waals surface area (Å²) in [4.78, 5) is 11.8. The maximum Gasteiger partial charge on any atom is 0.310 e. The third kappa shape index (κ3) is 5.71. The summed E-state index contributed by atoms with van der Waals surface area (Å²) < 4.78 is 15.7. The monoisotopic (exact) mass is 344 g/mol. The number of methoxy groups -OCH3 is 1. The minimum absolute atomic E-state index is 0.0384. The Hall–Kier alpha value is -2.69. The van der Waals surface area contributed by atoms with Crippen molar-refractivity contribution in [3.05, 3.63) is 53.6 Å². The van der Waals surface area contributed by atoms with Gasteiger partial charge >= 0.3 is 5.97 Å². The Bertz CT molecular complexity index is 692. The average molecular weight is 344 g/mol. The number of ether oxygens (including phenoxy) is 3. The minimum Gasteiger partial charge on any atom is -0.504 e. The molecule has 0 atom stereocenters. The van der Waals surface area contributed by atoms with Gasteiger partial charge in [0.15, 0.2) is 11.5 Å². The molecule has 0 heterocycles. The number of carbonyl (C=O) groups excluding carboxylic acids is 1. The van der Waals surface area contributed by atoms with Crippen LogP contribution in [-0.4, -0.2) is 31.4 Å². The molecule has 2 aromatic carbocycles. The molecule has 2 rings (SSSR count). The Balaban J connectivity index is 1.73.